The molecule has 0 heterocycles. The Morgan fingerprint density at radius 1 is 1.00 bits per heavy atom. The van der Waals surface area contributed by atoms with Gasteiger partial charge in [0.05, 0.1) is 14.2 Å². The van der Waals surface area contributed by atoms with Crippen molar-refractivity contribution >= 4 is 17.8 Å². The summed E-state index contributed by atoms with van der Waals surface area (Å²) in [6, 6.07) is 5.84. The third-order valence-electron chi connectivity index (χ3n) is 9.78. The molecule has 0 radical (unpaired) electrons. The Morgan fingerprint density at radius 2 is 1.74 bits per heavy atom. The van der Waals surface area contributed by atoms with Crippen LogP contribution in [0.3, 0.4) is 0 Å². The molecule has 0 amide bonds. The largest absolute Gasteiger partial charge is 0.493 e. The molecule has 5 rings (SSSR count). The predicted octanol–water partition coefficient (Wildman–Crippen LogP) is 6.16. The molecule has 1 aromatic rings. The van der Waals surface area contributed by atoms with E-state index in [2.05, 4.69) is 26.0 Å². The molecular weight excluding hydrogens is 440 g/mol. The molecule has 0 spiro atoms. The second-order valence-electron chi connectivity index (χ2n) is 11.5. The Kier molecular flexibility index (Phi) is 6.09. The van der Waals surface area contributed by atoms with Gasteiger partial charge in [-0.25, -0.2) is 0 Å². The van der Waals surface area contributed by atoms with Crippen LogP contribution < -0.4 is 9.47 Å². The number of carbonyl (C=O) groups excluding carboxylic acids is 2. The smallest absolute Gasteiger partial charge is 0.302 e. The Labute approximate surface area is 208 Å². The van der Waals surface area contributed by atoms with Gasteiger partial charge in [0.2, 0.25) is 0 Å². The summed E-state index contributed by atoms with van der Waals surface area (Å²) >= 11 is 0. The van der Waals surface area contributed by atoms with Crippen molar-refractivity contribution in [3.05, 3.63) is 41.0 Å². The Morgan fingerprint density at radius 3 is 2.46 bits per heavy atom. The van der Waals surface area contributed by atoms with E-state index in [-0.39, 0.29) is 22.9 Å². The van der Waals surface area contributed by atoms with E-state index in [1.807, 2.05) is 18.2 Å². The van der Waals surface area contributed by atoms with Crippen LogP contribution in [0.2, 0.25) is 0 Å². The topological polar surface area (TPSA) is 61.8 Å². The highest BCUT2D eigenvalue weighted by atomic mass is 16.5. The number of ether oxygens (including phenoxy) is 3. The molecule has 35 heavy (non-hydrogen) atoms. The Balaban J connectivity index is 1.41. The van der Waals surface area contributed by atoms with Crippen LogP contribution in [0.4, 0.5) is 0 Å². The normalized spacial score (nSPS) is 37.1. The number of carbonyl (C=O) groups is 2. The van der Waals surface area contributed by atoms with Crippen LogP contribution in [-0.2, 0) is 14.3 Å². The van der Waals surface area contributed by atoms with Crippen LogP contribution in [0.25, 0.3) is 6.08 Å². The lowest BCUT2D eigenvalue weighted by molar-refractivity contribution is -0.148. The lowest BCUT2D eigenvalue weighted by Crippen LogP contribution is -2.50. The average Bonchev–Trinajstić information content (AvgIpc) is 3.09. The lowest BCUT2D eigenvalue weighted by atomic mass is 9.48. The SMILES string of the molecule is COc1ccc(/C=C2\C[C@H]3[C@@H]4CC=C5C[C@@H](OC(C)=O)CC[C@]5(C)[C@H]4CC[C@]3(C)C2=O)cc1OC. The summed E-state index contributed by atoms with van der Waals surface area (Å²) < 4.78 is 16.4. The molecule has 3 fully saturated rings. The zero-order valence-electron chi connectivity index (χ0n) is 21.7. The summed E-state index contributed by atoms with van der Waals surface area (Å²) in [5, 5.41) is 0. The molecule has 6 atom stereocenters. The van der Waals surface area contributed by atoms with Crippen molar-refractivity contribution in [3.63, 3.8) is 0 Å². The van der Waals surface area contributed by atoms with Gasteiger partial charge < -0.3 is 14.2 Å². The van der Waals surface area contributed by atoms with Crippen molar-refractivity contribution in [2.75, 3.05) is 14.2 Å². The fraction of sp³-hybridized carbons (Fsp3) is 0.600. The summed E-state index contributed by atoms with van der Waals surface area (Å²) in [6.07, 6.45) is 11.3. The van der Waals surface area contributed by atoms with Crippen molar-refractivity contribution in [2.45, 2.75) is 71.8 Å². The molecule has 0 aromatic heterocycles. The molecule has 0 bridgehead atoms. The highest BCUT2D eigenvalue weighted by Gasteiger charge is 2.60. The average molecular weight is 479 g/mol. The molecular formula is C30H38O5. The lowest BCUT2D eigenvalue weighted by Gasteiger charge is -2.56. The molecule has 4 aliphatic carbocycles. The standard InChI is InChI=1S/C30H38O5/c1-18(31)35-22-10-12-29(2)21(17-22)7-8-23-24(29)11-13-30(3)25(23)16-20(28(30)32)14-19-6-9-26(33-4)27(15-19)34-5/h6-7,9,14-15,22-25H,8,10-13,16-17H2,1-5H3/b20-14+/t22-,23+,24-,25-,29-,30-/m0/s1. The first-order valence-corrected chi connectivity index (χ1v) is 13.0. The summed E-state index contributed by atoms with van der Waals surface area (Å²) in [7, 11) is 3.27. The molecule has 3 saturated carbocycles. The fourth-order valence-corrected chi connectivity index (χ4v) is 7.91. The molecule has 0 N–H and O–H groups in total. The van der Waals surface area contributed by atoms with Gasteiger partial charge in [-0.1, -0.05) is 31.6 Å². The number of hydrogen-bond acceptors (Lipinski definition) is 5. The van der Waals surface area contributed by atoms with Gasteiger partial charge in [0, 0.05) is 18.8 Å². The fourth-order valence-electron chi connectivity index (χ4n) is 7.91. The number of methoxy groups -OCH3 is 2. The second kappa shape index (κ2) is 8.83. The Bertz CT molecular complexity index is 1100. The summed E-state index contributed by atoms with van der Waals surface area (Å²) in [5.41, 5.74) is 3.28. The van der Waals surface area contributed by atoms with Crippen molar-refractivity contribution in [2.24, 2.45) is 28.6 Å². The van der Waals surface area contributed by atoms with Gasteiger partial charge in [0.25, 0.3) is 0 Å². The van der Waals surface area contributed by atoms with Crippen LogP contribution in [0.15, 0.2) is 35.4 Å². The van der Waals surface area contributed by atoms with Crippen LogP contribution in [-0.4, -0.2) is 32.1 Å². The summed E-state index contributed by atoms with van der Waals surface area (Å²) in [5.74, 6) is 3.01. The van der Waals surface area contributed by atoms with Crippen molar-refractivity contribution < 1.29 is 23.8 Å². The number of fused-ring (bicyclic) bond motifs is 5. The maximum atomic E-state index is 13.7. The third kappa shape index (κ3) is 3.91. The number of esters is 1. The van der Waals surface area contributed by atoms with E-state index in [4.69, 9.17) is 14.2 Å². The van der Waals surface area contributed by atoms with E-state index in [0.717, 1.165) is 56.1 Å². The molecule has 0 unspecified atom stereocenters. The third-order valence-corrected chi connectivity index (χ3v) is 9.78. The van der Waals surface area contributed by atoms with Gasteiger partial charge in [0.1, 0.15) is 6.10 Å². The first kappa shape index (κ1) is 24.1. The van der Waals surface area contributed by atoms with E-state index >= 15 is 0 Å². The zero-order chi connectivity index (χ0) is 25.0. The maximum Gasteiger partial charge on any atom is 0.302 e. The van der Waals surface area contributed by atoms with E-state index in [9.17, 15) is 9.59 Å². The van der Waals surface area contributed by atoms with Crippen molar-refractivity contribution in [1.82, 2.24) is 0 Å². The van der Waals surface area contributed by atoms with Gasteiger partial charge in [0.15, 0.2) is 17.3 Å². The predicted molar refractivity (Wildman–Crippen MR) is 135 cm³/mol. The monoisotopic (exact) mass is 478 g/mol. The minimum Gasteiger partial charge on any atom is -0.493 e. The quantitative estimate of drug-likeness (QED) is 0.295. The first-order chi connectivity index (χ1) is 16.7. The molecule has 5 nitrogen and oxygen atoms in total. The van der Waals surface area contributed by atoms with Crippen molar-refractivity contribution in [1.29, 1.82) is 0 Å². The number of benzene rings is 1. The van der Waals surface area contributed by atoms with Crippen LogP contribution >= 0.6 is 0 Å². The second-order valence-corrected chi connectivity index (χ2v) is 11.5. The zero-order valence-corrected chi connectivity index (χ0v) is 21.7. The van der Waals surface area contributed by atoms with Gasteiger partial charge >= 0.3 is 5.97 Å². The molecule has 0 aliphatic heterocycles. The van der Waals surface area contributed by atoms with E-state index in [1.165, 1.54) is 12.5 Å². The van der Waals surface area contributed by atoms with Crippen LogP contribution in [0, 0.1) is 28.6 Å². The van der Waals surface area contributed by atoms with E-state index < -0.39 is 0 Å². The number of hydrogen-bond donors (Lipinski definition) is 0. The minimum absolute atomic E-state index is 0.0151. The molecule has 1 aromatic carbocycles. The number of allylic oxidation sites excluding steroid dienone is 2. The van der Waals surface area contributed by atoms with Gasteiger partial charge in [-0.2, -0.15) is 0 Å². The van der Waals surface area contributed by atoms with E-state index in [1.54, 1.807) is 14.2 Å². The van der Waals surface area contributed by atoms with Crippen LogP contribution in [0.5, 0.6) is 11.5 Å². The van der Waals surface area contributed by atoms with Gasteiger partial charge in [-0.3, -0.25) is 9.59 Å². The first-order valence-electron chi connectivity index (χ1n) is 13.0. The minimum atomic E-state index is -0.278. The van der Waals surface area contributed by atoms with E-state index in [0.29, 0.717) is 35.0 Å². The summed E-state index contributed by atoms with van der Waals surface area (Å²) in [4.78, 5) is 25.2. The highest BCUT2D eigenvalue weighted by Crippen LogP contribution is 2.64. The molecule has 188 valence electrons. The molecule has 0 saturated heterocycles. The Hall–Kier alpha value is -2.56. The number of Topliss-reactive ketones (excluding diaryl/α,β-unsaturated/α-hetero) is 1. The number of ketones is 1. The number of rotatable bonds is 4. The highest BCUT2D eigenvalue weighted by molar-refractivity contribution is 6.06. The van der Waals surface area contributed by atoms with Crippen LogP contribution in [0.1, 0.15) is 71.3 Å². The van der Waals surface area contributed by atoms with Crippen molar-refractivity contribution in [3.8, 4) is 11.5 Å². The molecule has 5 heteroatoms. The van der Waals surface area contributed by atoms with Gasteiger partial charge in [-0.05, 0) is 91.0 Å². The summed E-state index contributed by atoms with van der Waals surface area (Å²) in [6.45, 7) is 6.15. The molecule has 4 aliphatic rings. The maximum absolute atomic E-state index is 13.7. The van der Waals surface area contributed by atoms with Gasteiger partial charge in [-0.15, -0.1) is 0 Å².